The number of methoxy groups -OCH3 is 2. The molecule has 1 aliphatic heterocycles. The second-order valence-corrected chi connectivity index (χ2v) is 8.75. The van der Waals surface area contributed by atoms with Crippen LogP contribution in [0.4, 0.5) is 17.1 Å². The van der Waals surface area contributed by atoms with Crippen LogP contribution in [0.5, 0.6) is 23.0 Å². The number of nitro benzene ring substituents is 2. The van der Waals surface area contributed by atoms with Crippen molar-refractivity contribution in [3.63, 3.8) is 0 Å². The van der Waals surface area contributed by atoms with Gasteiger partial charge in [0.05, 0.1) is 30.1 Å². The highest BCUT2D eigenvalue weighted by Gasteiger charge is 2.29. The van der Waals surface area contributed by atoms with Crippen LogP contribution in [-0.2, 0) is 12.8 Å². The zero-order valence-electron chi connectivity index (χ0n) is 21.2. The fraction of sp³-hybridized carbons (Fsp3) is 0.222. The number of ether oxygens (including phenoxy) is 2. The number of benzene rings is 3. The van der Waals surface area contributed by atoms with E-state index < -0.39 is 21.2 Å². The van der Waals surface area contributed by atoms with Crippen molar-refractivity contribution in [2.75, 3.05) is 19.2 Å². The first-order valence-electron chi connectivity index (χ1n) is 11.9. The summed E-state index contributed by atoms with van der Waals surface area (Å²) in [5.74, 6) is 0.719. The molecule has 0 aromatic heterocycles. The molecule has 0 radical (unpaired) electrons. The van der Waals surface area contributed by atoms with Crippen LogP contribution < -0.4 is 14.5 Å². The molecule has 0 atom stereocenters. The SMILES string of the molecule is COc1cc(CC=C2CC(CCc3ccc(O)c(OC)c3)=NN2c2ccc([N+](=O)[O-])cc2[N+](=O)[O-])ccc1O. The van der Waals surface area contributed by atoms with Gasteiger partial charge in [0.15, 0.2) is 23.0 Å². The molecule has 0 unspecified atom stereocenters. The average molecular weight is 535 g/mol. The van der Waals surface area contributed by atoms with E-state index in [4.69, 9.17) is 9.47 Å². The van der Waals surface area contributed by atoms with Gasteiger partial charge in [0.2, 0.25) is 0 Å². The summed E-state index contributed by atoms with van der Waals surface area (Å²) in [6.07, 6.45) is 3.79. The van der Waals surface area contributed by atoms with E-state index in [2.05, 4.69) is 5.10 Å². The van der Waals surface area contributed by atoms with E-state index in [0.29, 0.717) is 42.9 Å². The predicted octanol–water partition coefficient (Wildman–Crippen LogP) is 5.26. The Morgan fingerprint density at radius 1 is 0.897 bits per heavy atom. The Morgan fingerprint density at radius 2 is 1.54 bits per heavy atom. The van der Waals surface area contributed by atoms with E-state index in [1.807, 2.05) is 6.08 Å². The van der Waals surface area contributed by atoms with Crippen molar-refractivity contribution < 1.29 is 29.5 Å². The van der Waals surface area contributed by atoms with Gasteiger partial charge in [-0.05, 0) is 60.7 Å². The number of allylic oxidation sites excluding steroid dienone is 2. The number of nitro groups is 2. The van der Waals surface area contributed by atoms with Crippen molar-refractivity contribution in [2.24, 2.45) is 5.10 Å². The van der Waals surface area contributed by atoms with Gasteiger partial charge in [-0.3, -0.25) is 20.2 Å². The third-order valence-corrected chi connectivity index (χ3v) is 6.26. The lowest BCUT2D eigenvalue weighted by Crippen LogP contribution is -2.13. The Labute approximate surface area is 223 Å². The number of hydrazone groups is 1. The zero-order valence-corrected chi connectivity index (χ0v) is 21.2. The van der Waals surface area contributed by atoms with Crippen LogP contribution >= 0.6 is 0 Å². The lowest BCUT2D eigenvalue weighted by Gasteiger charge is -2.16. The monoisotopic (exact) mass is 534 g/mol. The van der Waals surface area contributed by atoms with Gasteiger partial charge in [-0.15, -0.1) is 0 Å². The maximum Gasteiger partial charge on any atom is 0.301 e. The summed E-state index contributed by atoms with van der Waals surface area (Å²) in [4.78, 5) is 21.7. The fourth-order valence-electron chi connectivity index (χ4n) is 4.23. The van der Waals surface area contributed by atoms with Crippen molar-refractivity contribution in [3.8, 4) is 23.0 Å². The van der Waals surface area contributed by atoms with Crippen molar-refractivity contribution >= 4 is 22.8 Å². The summed E-state index contributed by atoms with van der Waals surface area (Å²) in [5, 5.41) is 48.9. The van der Waals surface area contributed by atoms with Crippen LogP contribution in [0.15, 0.2) is 71.5 Å². The summed E-state index contributed by atoms with van der Waals surface area (Å²) in [7, 11) is 2.92. The van der Waals surface area contributed by atoms with Crippen LogP contribution in [0.3, 0.4) is 0 Å². The van der Waals surface area contributed by atoms with Crippen molar-refractivity contribution in [2.45, 2.75) is 25.7 Å². The number of phenolic OH excluding ortho intramolecular Hbond substituents is 2. The number of aromatic hydroxyl groups is 2. The second kappa shape index (κ2) is 11.5. The molecule has 0 fully saturated rings. The van der Waals surface area contributed by atoms with E-state index >= 15 is 0 Å². The summed E-state index contributed by atoms with van der Waals surface area (Å²) >= 11 is 0. The number of aryl methyl sites for hydroxylation is 1. The van der Waals surface area contributed by atoms with Gasteiger partial charge >= 0.3 is 5.69 Å². The number of hydrogen-bond donors (Lipinski definition) is 2. The fourth-order valence-corrected chi connectivity index (χ4v) is 4.23. The third kappa shape index (κ3) is 6.06. The third-order valence-electron chi connectivity index (χ3n) is 6.26. The normalized spacial score (nSPS) is 13.8. The van der Waals surface area contributed by atoms with Gasteiger partial charge in [-0.2, -0.15) is 5.10 Å². The van der Waals surface area contributed by atoms with Crippen LogP contribution in [0.1, 0.15) is 24.0 Å². The lowest BCUT2D eigenvalue weighted by molar-refractivity contribution is -0.393. The predicted molar refractivity (Wildman–Crippen MR) is 144 cm³/mol. The molecule has 0 spiro atoms. The highest BCUT2D eigenvalue weighted by Crippen LogP contribution is 2.38. The maximum absolute atomic E-state index is 11.8. The zero-order chi connectivity index (χ0) is 28.1. The van der Waals surface area contributed by atoms with Crippen LogP contribution in [0.25, 0.3) is 0 Å². The molecule has 2 N–H and O–H groups in total. The quantitative estimate of drug-likeness (QED) is 0.261. The molecule has 3 aromatic rings. The molecule has 1 heterocycles. The van der Waals surface area contributed by atoms with Crippen LogP contribution in [-0.4, -0.2) is 40.0 Å². The number of nitrogens with zero attached hydrogens (tertiary/aromatic N) is 4. The molecule has 39 heavy (non-hydrogen) atoms. The molecule has 1 aliphatic rings. The molecular weight excluding hydrogens is 508 g/mol. The van der Waals surface area contributed by atoms with E-state index in [-0.39, 0.29) is 17.2 Å². The van der Waals surface area contributed by atoms with Crippen molar-refractivity contribution in [1.82, 2.24) is 0 Å². The number of hydrogen-bond acceptors (Lipinski definition) is 10. The molecular formula is C27H26N4O8. The summed E-state index contributed by atoms with van der Waals surface area (Å²) in [6.45, 7) is 0. The molecule has 0 amide bonds. The van der Waals surface area contributed by atoms with Gasteiger partial charge in [-0.1, -0.05) is 18.2 Å². The smallest absolute Gasteiger partial charge is 0.301 e. The summed E-state index contributed by atoms with van der Waals surface area (Å²) < 4.78 is 10.4. The summed E-state index contributed by atoms with van der Waals surface area (Å²) in [5.41, 5.74) is 2.45. The minimum Gasteiger partial charge on any atom is -0.504 e. The Balaban J connectivity index is 1.66. The molecule has 202 valence electrons. The van der Waals surface area contributed by atoms with E-state index in [0.717, 1.165) is 22.9 Å². The van der Waals surface area contributed by atoms with Crippen LogP contribution in [0.2, 0.25) is 0 Å². The molecule has 0 bridgehead atoms. The number of anilines is 1. The van der Waals surface area contributed by atoms with E-state index in [1.165, 1.54) is 37.4 Å². The standard InChI is InChI=1S/C27H26N4O8/c1-38-26-13-17(5-11-24(26)32)3-7-19-15-20(8-4-18-6-12-25(33)27(14-18)39-2)29(28-19)22-10-9-21(30(34)35)16-23(22)31(36)37/h5-6,8-14,16,32-33H,3-4,7,15H2,1-2H3. The molecule has 3 aromatic carbocycles. The highest BCUT2D eigenvalue weighted by atomic mass is 16.6. The Bertz CT molecular complexity index is 1480. The van der Waals surface area contributed by atoms with E-state index in [1.54, 1.807) is 30.3 Å². The molecule has 12 nitrogen and oxygen atoms in total. The molecule has 0 saturated carbocycles. The van der Waals surface area contributed by atoms with Gasteiger partial charge in [0.1, 0.15) is 5.69 Å². The number of non-ortho nitro benzene ring substituents is 1. The van der Waals surface area contributed by atoms with Gasteiger partial charge in [-0.25, -0.2) is 5.01 Å². The highest BCUT2D eigenvalue weighted by molar-refractivity contribution is 5.92. The first-order valence-corrected chi connectivity index (χ1v) is 11.9. The average Bonchev–Trinajstić information content (AvgIpc) is 3.34. The second-order valence-electron chi connectivity index (χ2n) is 8.75. The first kappa shape index (κ1) is 26.9. The van der Waals surface area contributed by atoms with Gasteiger partial charge in [0, 0.05) is 23.9 Å². The number of phenols is 2. The minimum absolute atomic E-state index is 0.00869. The molecule has 0 aliphatic carbocycles. The largest absolute Gasteiger partial charge is 0.504 e. The Hall–Kier alpha value is -5.13. The Kier molecular flexibility index (Phi) is 7.94. The minimum atomic E-state index is -0.684. The number of rotatable bonds is 10. The first-order chi connectivity index (χ1) is 18.7. The van der Waals surface area contributed by atoms with Crippen molar-refractivity contribution in [3.05, 3.63) is 97.7 Å². The van der Waals surface area contributed by atoms with Gasteiger partial charge < -0.3 is 19.7 Å². The summed E-state index contributed by atoms with van der Waals surface area (Å²) in [6, 6.07) is 13.5. The van der Waals surface area contributed by atoms with Gasteiger partial charge in [0.25, 0.3) is 5.69 Å². The van der Waals surface area contributed by atoms with Crippen molar-refractivity contribution in [1.29, 1.82) is 0 Å². The van der Waals surface area contributed by atoms with Crippen LogP contribution in [0, 0.1) is 20.2 Å². The van der Waals surface area contributed by atoms with E-state index in [9.17, 15) is 30.4 Å². The molecule has 0 saturated heterocycles. The molecule has 4 rings (SSSR count). The topological polar surface area (TPSA) is 161 Å². The molecule has 12 heteroatoms. The lowest BCUT2D eigenvalue weighted by atomic mass is 10.0. The Morgan fingerprint density at radius 3 is 2.15 bits per heavy atom. The maximum atomic E-state index is 11.8.